The Morgan fingerprint density at radius 3 is 2.65 bits per heavy atom. The number of ether oxygens (including phenoxy) is 2. The Labute approximate surface area is 161 Å². The second-order valence-corrected chi connectivity index (χ2v) is 5.76. The molecule has 0 aliphatic rings. The van der Waals surface area contributed by atoms with E-state index in [0.29, 0.717) is 41.6 Å². The van der Waals surface area contributed by atoms with Crippen molar-refractivity contribution < 1.29 is 9.47 Å². The highest BCUT2D eigenvalue weighted by Gasteiger charge is 2.11. The number of nitrogens with two attached hydrogens (primary N) is 1. The molecule has 0 bridgehead atoms. The minimum Gasteiger partial charge on any atom is -0.493 e. The topological polar surface area (TPSA) is 68.9 Å². The van der Waals surface area contributed by atoms with Crippen LogP contribution in [0.2, 0.25) is 5.02 Å². The van der Waals surface area contributed by atoms with E-state index >= 15 is 0 Å². The van der Waals surface area contributed by atoms with Crippen molar-refractivity contribution in [2.24, 2.45) is 16.6 Å². The molecule has 7 heteroatoms. The predicted octanol–water partition coefficient (Wildman–Crippen LogP) is 3.82. The van der Waals surface area contributed by atoms with E-state index in [2.05, 4.69) is 24.2 Å². The molecule has 0 fully saturated rings. The molecule has 0 radical (unpaired) electrons. The van der Waals surface area contributed by atoms with E-state index in [1.54, 1.807) is 7.11 Å². The van der Waals surface area contributed by atoms with Crippen LogP contribution in [0, 0.1) is 5.92 Å². The fraction of sp³-hybridized carbons (Fsp3) is 0.562. The van der Waals surface area contributed by atoms with Crippen molar-refractivity contribution in [3.05, 3.63) is 22.7 Å². The van der Waals surface area contributed by atoms with Crippen LogP contribution >= 0.6 is 35.6 Å². The van der Waals surface area contributed by atoms with Crippen LogP contribution in [0.15, 0.2) is 17.1 Å². The summed E-state index contributed by atoms with van der Waals surface area (Å²) >= 11 is 6.23. The molecule has 1 aromatic rings. The van der Waals surface area contributed by atoms with Gasteiger partial charge in [0.15, 0.2) is 17.5 Å². The van der Waals surface area contributed by atoms with Crippen molar-refractivity contribution in [1.82, 2.24) is 5.32 Å². The first-order valence-electron chi connectivity index (χ1n) is 7.50. The van der Waals surface area contributed by atoms with Gasteiger partial charge in [-0.05, 0) is 37.0 Å². The highest BCUT2D eigenvalue weighted by molar-refractivity contribution is 14.0. The number of hydrogen-bond donors (Lipinski definition) is 2. The molecule has 0 aliphatic carbocycles. The number of hydrogen-bond acceptors (Lipinski definition) is 3. The summed E-state index contributed by atoms with van der Waals surface area (Å²) in [5, 5.41) is 3.61. The van der Waals surface area contributed by atoms with Gasteiger partial charge in [0.25, 0.3) is 0 Å². The van der Waals surface area contributed by atoms with Crippen LogP contribution in [0.5, 0.6) is 11.5 Å². The summed E-state index contributed by atoms with van der Waals surface area (Å²) in [4.78, 5) is 4.31. The number of rotatable bonds is 8. The summed E-state index contributed by atoms with van der Waals surface area (Å²) in [7, 11) is 1.59. The number of methoxy groups -OCH3 is 1. The standard InChI is InChI=1S/C16H26ClN3O2.HI/c1-5-22-15-13(17)8-12(9-14(15)21-4)10-20-16(18)19-7-6-11(2)3;/h8-9,11H,5-7,10H2,1-4H3,(H3,18,19,20);1H. The molecule has 1 aromatic carbocycles. The Morgan fingerprint density at radius 2 is 2.09 bits per heavy atom. The summed E-state index contributed by atoms with van der Waals surface area (Å²) in [5.41, 5.74) is 6.76. The van der Waals surface area contributed by atoms with Crippen LogP contribution in [0.4, 0.5) is 0 Å². The first kappa shape index (κ1) is 22.1. The minimum atomic E-state index is 0. The van der Waals surface area contributed by atoms with Crippen LogP contribution in [0.1, 0.15) is 32.8 Å². The Morgan fingerprint density at radius 1 is 1.39 bits per heavy atom. The molecule has 23 heavy (non-hydrogen) atoms. The smallest absolute Gasteiger partial charge is 0.188 e. The molecule has 0 aliphatic heterocycles. The largest absolute Gasteiger partial charge is 0.493 e. The van der Waals surface area contributed by atoms with E-state index in [1.807, 2.05) is 19.1 Å². The summed E-state index contributed by atoms with van der Waals surface area (Å²) < 4.78 is 10.8. The second kappa shape index (κ2) is 11.6. The highest BCUT2D eigenvalue weighted by atomic mass is 127. The molecule has 5 nitrogen and oxygen atoms in total. The van der Waals surface area contributed by atoms with Crippen molar-refractivity contribution in [2.45, 2.75) is 33.7 Å². The van der Waals surface area contributed by atoms with Gasteiger partial charge in [-0.2, -0.15) is 0 Å². The molecule has 0 unspecified atom stereocenters. The molecule has 0 heterocycles. The van der Waals surface area contributed by atoms with E-state index in [4.69, 9.17) is 26.8 Å². The zero-order valence-electron chi connectivity index (χ0n) is 14.2. The average Bonchev–Trinajstić information content (AvgIpc) is 2.47. The van der Waals surface area contributed by atoms with Crippen LogP contribution < -0.4 is 20.5 Å². The van der Waals surface area contributed by atoms with Crippen LogP contribution in [-0.4, -0.2) is 26.2 Å². The summed E-state index contributed by atoms with van der Waals surface area (Å²) in [6.45, 7) is 8.02. The molecule has 0 saturated carbocycles. The summed E-state index contributed by atoms with van der Waals surface area (Å²) in [6.07, 6.45) is 1.05. The molecule has 132 valence electrons. The van der Waals surface area contributed by atoms with Crippen LogP contribution in [-0.2, 0) is 6.54 Å². The van der Waals surface area contributed by atoms with Crippen molar-refractivity contribution >= 4 is 41.5 Å². The highest BCUT2D eigenvalue weighted by Crippen LogP contribution is 2.36. The Balaban J connectivity index is 0.00000484. The number of aliphatic imine (C=N–C) groups is 1. The number of guanidine groups is 1. The van der Waals surface area contributed by atoms with E-state index in [1.165, 1.54) is 0 Å². The van der Waals surface area contributed by atoms with Gasteiger partial charge in [0.05, 0.1) is 25.3 Å². The number of nitrogens with one attached hydrogen (secondary N) is 1. The molecule has 0 spiro atoms. The molecule has 0 atom stereocenters. The third-order valence-corrected chi connectivity index (χ3v) is 3.32. The van der Waals surface area contributed by atoms with Gasteiger partial charge in [-0.25, -0.2) is 4.99 Å². The SMILES string of the molecule is CCOc1c(Cl)cc(CN=C(N)NCCC(C)C)cc1OC.I. The second-order valence-electron chi connectivity index (χ2n) is 5.35. The minimum absolute atomic E-state index is 0. The fourth-order valence-corrected chi connectivity index (χ4v) is 2.16. The van der Waals surface area contributed by atoms with Crippen LogP contribution in [0.3, 0.4) is 0 Å². The molecule has 3 N–H and O–H groups in total. The van der Waals surface area contributed by atoms with Crippen molar-refractivity contribution in [3.63, 3.8) is 0 Å². The van der Waals surface area contributed by atoms with E-state index < -0.39 is 0 Å². The molecule has 0 aromatic heterocycles. The normalized spacial score (nSPS) is 11.1. The van der Waals surface area contributed by atoms with Gasteiger partial charge in [0.2, 0.25) is 0 Å². The lowest BCUT2D eigenvalue weighted by Gasteiger charge is -2.12. The molecular weight excluding hydrogens is 429 g/mol. The predicted molar refractivity (Wildman–Crippen MR) is 107 cm³/mol. The Kier molecular flexibility index (Phi) is 11.2. The zero-order chi connectivity index (χ0) is 16.5. The maximum absolute atomic E-state index is 6.23. The third kappa shape index (κ3) is 7.97. The van der Waals surface area contributed by atoms with Gasteiger partial charge in [-0.3, -0.25) is 0 Å². The summed E-state index contributed by atoms with van der Waals surface area (Å²) in [6, 6.07) is 3.68. The van der Waals surface area contributed by atoms with Crippen molar-refractivity contribution in [3.8, 4) is 11.5 Å². The van der Waals surface area contributed by atoms with Gasteiger partial charge in [-0.1, -0.05) is 25.4 Å². The maximum Gasteiger partial charge on any atom is 0.188 e. The van der Waals surface area contributed by atoms with E-state index in [0.717, 1.165) is 18.5 Å². The van der Waals surface area contributed by atoms with Crippen molar-refractivity contribution in [2.75, 3.05) is 20.3 Å². The van der Waals surface area contributed by atoms with Gasteiger partial charge in [-0.15, -0.1) is 24.0 Å². The number of benzene rings is 1. The Bertz CT molecular complexity index is 510. The van der Waals surface area contributed by atoms with E-state index in [-0.39, 0.29) is 24.0 Å². The zero-order valence-corrected chi connectivity index (χ0v) is 17.3. The van der Waals surface area contributed by atoms with Crippen molar-refractivity contribution in [1.29, 1.82) is 0 Å². The average molecular weight is 456 g/mol. The van der Waals surface area contributed by atoms with E-state index in [9.17, 15) is 0 Å². The number of nitrogens with zero attached hydrogens (tertiary/aromatic N) is 1. The maximum atomic E-state index is 6.23. The molecule has 1 rings (SSSR count). The lowest BCUT2D eigenvalue weighted by molar-refractivity contribution is 0.311. The quantitative estimate of drug-likeness (QED) is 0.355. The van der Waals surface area contributed by atoms with Crippen LogP contribution in [0.25, 0.3) is 0 Å². The lowest BCUT2D eigenvalue weighted by atomic mass is 10.1. The Hall–Kier alpha value is -0.890. The van der Waals surface area contributed by atoms with Gasteiger partial charge < -0.3 is 20.5 Å². The third-order valence-electron chi connectivity index (χ3n) is 3.04. The first-order valence-corrected chi connectivity index (χ1v) is 7.88. The molecular formula is C16H27ClIN3O2. The van der Waals surface area contributed by atoms with Gasteiger partial charge in [0.1, 0.15) is 0 Å². The first-order chi connectivity index (χ1) is 10.5. The lowest BCUT2D eigenvalue weighted by Crippen LogP contribution is -2.32. The monoisotopic (exact) mass is 455 g/mol. The van der Waals surface area contributed by atoms with Gasteiger partial charge >= 0.3 is 0 Å². The van der Waals surface area contributed by atoms with Gasteiger partial charge in [0, 0.05) is 6.54 Å². The number of halogens is 2. The summed E-state index contributed by atoms with van der Waals surface area (Å²) in [5.74, 6) is 2.23. The molecule has 0 amide bonds. The molecule has 0 saturated heterocycles. The fourth-order valence-electron chi connectivity index (χ4n) is 1.87.